The van der Waals surface area contributed by atoms with Gasteiger partial charge in [0.05, 0.1) is 17.8 Å². The van der Waals surface area contributed by atoms with Crippen molar-refractivity contribution in [3.8, 4) is 5.75 Å². The number of amides is 1. The number of nitrogens with one attached hydrogen (secondary N) is 1. The standard InChI is InChI=1S/C14H14ClN3O4S/c1-3-10-13(23-18-17-10)14(20)22-7-12(19)16-8-4-5-11(21-2)9(15)6-8/h4-6H,3,7H2,1-2H3,(H,16,19). The van der Waals surface area contributed by atoms with E-state index in [0.29, 0.717) is 33.5 Å². The molecular formula is C14H14ClN3O4S. The van der Waals surface area contributed by atoms with Gasteiger partial charge in [-0.1, -0.05) is 23.0 Å². The summed E-state index contributed by atoms with van der Waals surface area (Å²) in [5.41, 5.74) is 1.04. The molecule has 0 fully saturated rings. The number of anilines is 1. The average Bonchev–Trinajstić information content (AvgIpc) is 3.01. The van der Waals surface area contributed by atoms with E-state index in [0.717, 1.165) is 11.5 Å². The molecule has 1 N–H and O–H groups in total. The largest absolute Gasteiger partial charge is 0.495 e. The van der Waals surface area contributed by atoms with Gasteiger partial charge >= 0.3 is 5.97 Å². The van der Waals surface area contributed by atoms with Gasteiger partial charge in [-0.3, -0.25) is 4.79 Å². The minimum Gasteiger partial charge on any atom is -0.495 e. The van der Waals surface area contributed by atoms with Crippen LogP contribution in [-0.2, 0) is 16.0 Å². The first kappa shape index (κ1) is 17.2. The number of hydrogen-bond acceptors (Lipinski definition) is 7. The minimum absolute atomic E-state index is 0.313. The Balaban J connectivity index is 1.90. The molecule has 1 aromatic heterocycles. The second kappa shape index (κ2) is 7.89. The Labute approximate surface area is 141 Å². The Bertz CT molecular complexity index is 720. The zero-order chi connectivity index (χ0) is 16.8. The van der Waals surface area contributed by atoms with Gasteiger partial charge in [0.25, 0.3) is 5.91 Å². The molecule has 7 nitrogen and oxygen atoms in total. The maximum Gasteiger partial charge on any atom is 0.352 e. The lowest BCUT2D eigenvalue weighted by molar-refractivity contribution is -0.119. The van der Waals surface area contributed by atoms with Gasteiger partial charge in [-0.15, -0.1) is 5.10 Å². The summed E-state index contributed by atoms with van der Waals surface area (Å²) in [6, 6.07) is 4.80. The number of nitrogens with zero attached hydrogens (tertiary/aromatic N) is 2. The molecular weight excluding hydrogens is 342 g/mol. The lowest BCUT2D eigenvalue weighted by atomic mass is 10.3. The molecule has 2 rings (SSSR count). The first-order chi connectivity index (χ1) is 11.0. The number of aryl methyl sites for hydroxylation is 1. The third-order valence-corrected chi connectivity index (χ3v) is 3.89. The molecule has 0 atom stereocenters. The Morgan fingerprint density at radius 1 is 1.39 bits per heavy atom. The van der Waals surface area contributed by atoms with E-state index >= 15 is 0 Å². The fraction of sp³-hybridized carbons (Fsp3) is 0.286. The lowest BCUT2D eigenvalue weighted by Gasteiger charge is -2.08. The van der Waals surface area contributed by atoms with E-state index in [1.165, 1.54) is 7.11 Å². The van der Waals surface area contributed by atoms with Crippen molar-refractivity contribution in [1.82, 2.24) is 9.59 Å². The Kier molecular flexibility index (Phi) is 5.89. The van der Waals surface area contributed by atoms with Gasteiger partial charge in [0.2, 0.25) is 0 Å². The van der Waals surface area contributed by atoms with E-state index in [-0.39, 0.29) is 0 Å². The van der Waals surface area contributed by atoms with Crippen LogP contribution in [0, 0.1) is 0 Å². The lowest BCUT2D eigenvalue weighted by Crippen LogP contribution is -2.21. The molecule has 122 valence electrons. The van der Waals surface area contributed by atoms with Crippen LogP contribution in [0.15, 0.2) is 18.2 Å². The third kappa shape index (κ3) is 4.40. The summed E-state index contributed by atoms with van der Waals surface area (Å²) in [4.78, 5) is 24.0. The number of ether oxygens (including phenoxy) is 2. The third-order valence-electron chi connectivity index (χ3n) is 2.85. The molecule has 2 aromatic rings. The Morgan fingerprint density at radius 3 is 2.83 bits per heavy atom. The predicted octanol–water partition coefficient (Wildman–Crippen LogP) is 2.56. The van der Waals surface area contributed by atoms with E-state index in [2.05, 4.69) is 14.9 Å². The number of carbonyl (C=O) groups excluding carboxylic acids is 2. The fourth-order valence-electron chi connectivity index (χ4n) is 1.73. The first-order valence-corrected chi connectivity index (χ1v) is 7.82. The van der Waals surface area contributed by atoms with E-state index in [9.17, 15) is 9.59 Å². The van der Waals surface area contributed by atoms with Gasteiger partial charge in [-0.05, 0) is 36.2 Å². The van der Waals surface area contributed by atoms with Crippen LogP contribution >= 0.6 is 23.1 Å². The summed E-state index contributed by atoms with van der Waals surface area (Å²) in [7, 11) is 1.50. The number of methoxy groups -OCH3 is 1. The number of aromatic nitrogens is 2. The highest BCUT2D eigenvalue weighted by atomic mass is 35.5. The molecule has 9 heteroatoms. The second-order valence-electron chi connectivity index (χ2n) is 4.38. The van der Waals surface area contributed by atoms with Gasteiger partial charge in [-0.2, -0.15) is 0 Å². The number of hydrogen-bond donors (Lipinski definition) is 1. The Morgan fingerprint density at radius 2 is 2.17 bits per heavy atom. The molecule has 0 saturated heterocycles. The normalized spacial score (nSPS) is 10.2. The smallest absolute Gasteiger partial charge is 0.352 e. The van der Waals surface area contributed by atoms with Gasteiger partial charge in [0.1, 0.15) is 5.75 Å². The van der Waals surface area contributed by atoms with Crippen molar-refractivity contribution < 1.29 is 19.1 Å². The SMILES string of the molecule is CCc1nnsc1C(=O)OCC(=O)Nc1ccc(OC)c(Cl)c1. The molecule has 1 heterocycles. The predicted molar refractivity (Wildman–Crippen MR) is 86.2 cm³/mol. The summed E-state index contributed by atoms with van der Waals surface area (Å²) in [6.07, 6.45) is 0.567. The van der Waals surface area contributed by atoms with Crippen molar-refractivity contribution in [2.24, 2.45) is 0 Å². The summed E-state index contributed by atoms with van der Waals surface area (Å²) in [5, 5.41) is 6.76. The molecule has 0 aliphatic carbocycles. The van der Waals surface area contributed by atoms with Crippen molar-refractivity contribution in [3.05, 3.63) is 33.8 Å². The van der Waals surface area contributed by atoms with E-state index < -0.39 is 18.5 Å². The highest BCUT2D eigenvalue weighted by molar-refractivity contribution is 7.07. The average molecular weight is 356 g/mol. The zero-order valence-electron chi connectivity index (χ0n) is 12.5. The number of benzene rings is 1. The molecule has 0 aliphatic heterocycles. The van der Waals surface area contributed by atoms with Gasteiger partial charge in [0.15, 0.2) is 11.5 Å². The van der Waals surface area contributed by atoms with Gasteiger partial charge in [-0.25, -0.2) is 4.79 Å². The summed E-state index contributed by atoms with van der Waals surface area (Å²) >= 11 is 6.91. The minimum atomic E-state index is -0.611. The topological polar surface area (TPSA) is 90.4 Å². The van der Waals surface area contributed by atoms with Crippen LogP contribution in [0.1, 0.15) is 22.3 Å². The highest BCUT2D eigenvalue weighted by Gasteiger charge is 2.17. The maximum atomic E-state index is 11.9. The second-order valence-corrected chi connectivity index (χ2v) is 5.54. The zero-order valence-corrected chi connectivity index (χ0v) is 14.0. The van der Waals surface area contributed by atoms with Gasteiger partial charge < -0.3 is 14.8 Å². The number of rotatable bonds is 6. The number of esters is 1. The van der Waals surface area contributed by atoms with Crippen LogP contribution in [0.5, 0.6) is 5.75 Å². The molecule has 1 amide bonds. The van der Waals surface area contributed by atoms with Crippen LogP contribution < -0.4 is 10.1 Å². The highest BCUT2D eigenvalue weighted by Crippen LogP contribution is 2.27. The summed E-state index contributed by atoms with van der Waals surface area (Å²) in [6.45, 7) is 1.44. The molecule has 0 saturated carbocycles. The maximum absolute atomic E-state index is 11.9. The van der Waals surface area contributed by atoms with Crippen LogP contribution in [0.2, 0.25) is 5.02 Å². The molecule has 0 unspecified atom stereocenters. The molecule has 0 spiro atoms. The van der Waals surface area contributed by atoms with Crippen LogP contribution in [-0.4, -0.2) is 35.2 Å². The quantitative estimate of drug-likeness (QED) is 0.801. The molecule has 0 aliphatic rings. The van der Waals surface area contributed by atoms with Crippen molar-refractivity contribution >= 4 is 40.7 Å². The van der Waals surface area contributed by atoms with E-state index in [1.807, 2.05) is 6.92 Å². The van der Waals surface area contributed by atoms with Crippen molar-refractivity contribution in [3.63, 3.8) is 0 Å². The summed E-state index contributed by atoms with van der Waals surface area (Å²) < 4.78 is 13.7. The molecule has 0 bridgehead atoms. The van der Waals surface area contributed by atoms with E-state index in [4.69, 9.17) is 21.1 Å². The monoisotopic (exact) mass is 355 g/mol. The van der Waals surface area contributed by atoms with Crippen molar-refractivity contribution in [1.29, 1.82) is 0 Å². The number of halogens is 1. The molecule has 23 heavy (non-hydrogen) atoms. The van der Waals surface area contributed by atoms with Gasteiger partial charge in [0, 0.05) is 5.69 Å². The number of carbonyl (C=O) groups is 2. The molecule has 0 radical (unpaired) electrons. The fourth-order valence-corrected chi connectivity index (χ4v) is 2.64. The van der Waals surface area contributed by atoms with Crippen molar-refractivity contribution in [2.45, 2.75) is 13.3 Å². The molecule has 1 aromatic carbocycles. The Hall–Kier alpha value is -2.19. The summed E-state index contributed by atoms with van der Waals surface area (Å²) in [5.74, 6) is -0.587. The van der Waals surface area contributed by atoms with Crippen LogP contribution in [0.3, 0.4) is 0 Å². The van der Waals surface area contributed by atoms with Crippen LogP contribution in [0.4, 0.5) is 5.69 Å². The van der Waals surface area contributed by atoms with E-state index in [1.54, 1.807) is 18.2 Å². The van der Waals surface area contributed by atoms with Crippen LogP contribution in [0.25, 0.3) is 0 Å². The first-order valence-electron chi connectivity index (χ1n) is 6.66. The van der Waals surface area contributed by atoms with Crippen molar-refractivity contribution in [2.75, 3.05) is 19.0 Å².